The number of anilines is 2. The highest BCUT2D eigenvalue weighted by Crippen LogP contribution is 2.18. The minimum Gasteiger partial charge on any atom is -0.355 e. The van der Waals surface area contributed by atoms with Gasteiger partial charge in [-0.25, -0.2) is 0 Å². The molecule has 1 aromatic carbocycles. The number of rotatable bonds is 6. The second-order valence-corrected chi connectivity index (χ2v) is 6.02. The highest BCUT2D eigenvalue weighted by atomic mass is 16.2. The molecule has 1 aliphatic rings. The minimum absolute atomic E-state index is 0.199. The number of aromatic nitrogens is 2. The average molecular weight is 354 g/mol. The van der Waals surface area contributed by atoms with Gasteiger partial charge in [0.15, 0.2) is 11.5 Å². The topological polar surface area (TPSA) is 113 Å². The van der Waals surface area contributed by atoms with Gasteiger partial charge in [0.25, 0.3) is 11.8 Å². The molecule has 0 atom stereocenters. The van der Waals surface area contributed by atoms with E-state index in [1.807, 2.05) is 0 Å². The van der Waals surface area contributed by atoms with Crippen molar-refractivity contribution in [2.24, 2.45) is 5.73 Å². The third-order valence-corrected chi connectivity index (χ3v) is 4.16. The smallest absolute Gasteiger partial charge is 0.276 e. The molecule has 1 fully saturated rings. The van der Waals surface area contributed by atoms with Gasteiger partial charge in [0, 0.05) is 26.2 Å². The minimum atomic E-state index is -0.412. The summed E-state index contributed by atoms with van der Waals surface area (Å²) in [5.41, 5.74) is 6.39. The van der Waals surface area contributed by atoms with Crippen molar-refractivity contribution in [1.82, 2.24) is 15.5 Å². The van der Waals surface area contributed by atoms with E-state index in [-0.39, 0.29) is 11.6 Å². The molecular weight excluding hydrogens is 332 g/mol. The second kappa shape index (κ2) is 8.39. The number of carbonyl (C=O) groups excluding carboxylic acids is 2. The number of hydrogen-bond acceptors (Lipinski definition) is 6. The molecule has 8 heteroatoms. The molecule has 0 spiro atoms. The normalized spacial score (nSPS) is 13.5. The number of hydrogen-bond donors (Lipinski definition) is 3. The molecule has 1 aromatic heterocycles. The van der Waals surface area contributed by atoms with Crippen LogP contribution in [0.15, 0.2) is 36.4 Å². The van der Waals surface area contributed by atoms with Crippen molar-refractivity contribution in [2.75, 3.05) is 36.4 Å². The Kier molecular flexibility index (Phi) is 5.75. The Labute approximate surface area is 151 Å². The molecule has 136 valence electrons. The monoisotopic (exact) mass is 354 g/mol. The van der Waals surface area contributed by atoms with E-state index in [0.29, 0.717) is 24.3 Å². The lowest BCUT2D eigenvalue weighted by molar-refractivity contribution is 0.0955. The van der Waals surface area contributed by atoms with Gasteiger partial charge in [-0.3, -0.25) is 9.59 Å². The van der Waals surface area contributed by atoms with Crippen LogP contribution in [0.3, 0.4) is 0 Å². The van der Waals surface area contributed by atoms with E-state index in [1.54, 1.807) is 36.4 Å². The van der Waals surface area contributed by atoms with Gasteiger partial charge in [0.2, 0.25) is 0 Å². The molecule has 0 bridgehead atoms. The first kappa shape index (κ1) is 17.8. The van der Waals surface area contributed by atoms with Gasteiger partial charge in [-0.15, -0.1) is 10.2 Å². The van der Waals surface area contributed by atoms with Crippen LogP contribution in [0.1, 0.15) is 33.7 Å². The zero-order valence-corrected chi connectivity index (χ0v) is 14.4. The summed E-state index contributed by atoms with van der Waals surface area (Å²) in [7, 11) is 0. The molecule has 0 aliphatic carbocycles. The van der Waals surface area contributed by atoms with E-state index in [0.717, 1.165) is 31.7 Å². The van der Waals surface area contributed by atoms with Gasteiger partial charge >= 0.3 is 0 Å². The van der Waals surface area contributed by atoms with Crippen LogP contribution >= 0.6 is 0 Å². The average Bonchev–Trinajstić information content (AvgIpc) is 3.21. The van der Waals surface area contributed by atoms with Crippen molar-refractivity contribution in [1.29, 1.82) is 0 Å². The van der Waals surface area contributed by atoms with Crippen molar-refractivity contribution >= 4 is 23.3 Å². The Bertz CT molecular complexity index is 772. The van der Waals surface area contributed by atoms with Crippen molar-refractivity contribution in [3.8, 4) is 0 Å². The van der Waals surface area contributed by atoms with E-state index >= 15 is 0 Å². The zero-order valence-electron chi connectivity index (χ0n) is 14.4. The third kappa shape index (κ3) is 4.15. The highest BCUT2D eigenvalue weighted by molar-refractivity contribution is 6.08. The maximum Gasteiger partial charge on any atom is 0.276 e. The predicted molar refractivity (Wildman–Crippen MR) is 99.3 cm³/mol. The second-order valence-electron chi connectivity index (χ2n) is 6.02. The summed E-state index contributed by atoms with van der Waals surface area (Å²) in [6, 6.07) is 10.2. The molecule has 0 unspecified atom stereocenters. The van der Waals surface area contributed by atoms with Gasteiger partial charge in [-0.05, 0) is 37.1 Å². The molecule has 4 N–H and O–H groups in total. The Balaban J connectivity index is 1.70. The number of amides is 2. The molecule has 2 aromatic rings. The van der Waals surface area contributed by atoms with E-state index in [9.17, 15) is 9.59 Å². The van der Waals surface area contributed by atoms with Crippen LogP contribution in [0.25, 0.3) is 0 Å². The van der Waals surface area contributed by atoms with Crippen LogP contribution in [0, 0.1) is 0 Å². The highest BCUT2D eigenvalue weighted by Gasteiger charge is 2.17. The Morgan fingerprint density at radius 3 is 2.50 bits per heavy atom. The maximum atomic E-state index is 12.5. The Hall–Kier alpha value is -3.00. The lowest BCUT2D eigenvalue weighted by Crippen LogP contribution is -2.30. The van der Waals surface area contributed by atoms with Crippen molar-refractivity contribution in [3.63, 3.8) is 0 Å². The van der Waals surface area contributed by atoms with Gasteiger partial charge < -0.3 is 21.3 Å². The van der Waals surface area contributed by atoms with Crippen LogP contribution in [-0.4, -0.2) is 48.2 Å². The van der Waals surface area contributed by atoms with Crippen LogP contribution < -0.4 is 21.3 Å². The first-order chi connectivity index (χ1) is 12.7. The molecule has 3 rings (SSSR count). The fourth-order valence-corrected chi connectivity index (χ4v) is 2.82. The first-order valence-electron chi connectivity index (χ1n) is 8.66. The summed E-state index contributed by atoms with van der Waals surface area (Å²) < 4.78 is 0. The summed E-state index contributed by atoms with van der Waals surface area (Å²) >= 11 is 0. The molecule has 1 saturated heterocycles. The summed E-state index contributed by atoms with van der Waals surface area (Å²) in [5.74, 6) is 0.0759. The van der Waals surface area contributed by atoms with Crippen molar-refractivity contribution < 1.29 is 9.59 Å². The number of benzene rings is 1. The number of carbonyl (C=O) groups is 2. The SMILES string of the molecule is NCCNC(=O)c1ccccc1NC(=O)c1ccc(N2CCCC2)nn1. The number of nitrogens with one attached hydrogen (secondary N) is 2. The summed E-state index contributed by atoms with van der Waals surface area (Å²) in [5, 5.41) is 13.6. The number of nitrogens with two attached hydrogens (primary N) is 1. The predicted octanol–water partition coefficient (Wildman–Crippen LogP) is 1.02. The fraction of sp³-hybridized carbons (Fsp3) is 0.333. The quantitative estimate of drug-likeness (QED) is 0.714. The van der Waals surface area contributed by atoms with Crippen molar-refractivity contribution in [2.45, 2.75) is 12.8 Å². The molecule has 2 amide bonds. The largest absolute Gasteiger partial charge is 0.355 e. The molecular formula is C18H22N6O2. The molecule has 0 radical (unpaired) electrons. The first-order valence-corrected chi connectivity index (χ1v) is 8.66. The molecule has 2 heterocycles. The summed E-state index contributed by atoms with van der Waals surface area (Å²) in [4.78, 5) is 26.8. The third-order valence-electron chi connectivity index (χ3n) is 4.16. The summed E-state index contributed by atoms with van der Waals surface area (Å²) in [6.45, 7) is 2.64. The van der Waals surface area contributed by atoms with E-state index in [1.165, 1.54) is 0 Å². The van der Waals surface area contributed by atoms with Crippen LogP contribution in [-0.2, 0) is 0 Å². The van der Waals surface area contributed by atoms with Crippen LogP contribution in [0.4, 0.5) is 11.5 Å². The lowest BCUT2D eigenvalue weighted by atomic mass is 10.1. The molecule has 26 heavy (non-hydrogen) atoms. The maximum absolute atomic E-state index is 12.5. The van der Waals surface area contributed by atoms with Gasteiger partial charge in [-0.2, -0.15) is 0 Å². The standard InChI is InChI=1S/C18H22N6O2/c19-9-10-20-17(25)13-5-1-2-6-14(13)21-18(26)15-7-8-16(23-22-15)24-11-3-4-12-24/h1-2,5-8H,3-4,9-12,19H2,(H,20,25)(H,21,26). The van der Waals surface area contributed by atoms with E-state index in [4.69, 9.17) is 5.73 Å². The molecule has 8 nitrogen and oxygen atoms in total. The Morgan fingerprint density at radius 2 is 1.81 bits per heavy atom. The number of para-hydroxylation sites is 1. The van der Waals surface area contributed by atoms with E-state index in [2.05, 4.69) is 25.7 Å². The van der Waals surface area contributed by atoms with Crippen molar-refractivity contribution in [3.05, 3.63) is 47.7 Å². The Morgan fingerprint density at radius 1 is 1.04 bits per heavy atom. The van der Waals surface area contributed by atoms with Gasteiger partial charge in [0.05, 0.1) is 11.3 Å². The number of nitrogens with zero attached hydrogens (tertiary/aromatic N) is 3. The zero-order chi connectivity index (χ0) is 18.4. The summed E-state index contributed by atoms with van der Waals surface area (Å²) in [6.07, 6.45) is 2.29. The van der Waals surface area contributed by atoms with Gasteiger partial charge in [-0.1, -0.05) is 12.1 Å². The van der Waals surface area contributed by atoms with Crippen LogP contribution in [0.5, 0.6) is 0 Å². The fourth-order valence-electron chi connectivity index (χ4n) is 2.82. The van der Waals surface area contributed by atoms with Gasteiger partial charge in [0.1, 0.15) is 0 Å². The van der Waals surface area contributed by atoms with E-state index < -0.39 is 5.91 Å². The molecule has 1 aliphatic heterocycles. The lowest BCUT2D eigenvalue weighted by Gasteiger charge is -2.15. The van der Waals surface area contributed by atoms with Crippen LogP contribution in [0.2, 0.25) is 0 Å². The molecule has 0 saturated carbocycles.